The molecule has 0 bridgehead atoms. The van der Waals surface area contributed by atoms with Gasteiger partial charge in [-0.2, -0.15) is 0 Å². The normalized spacial score (nSPS) is 11.1. The molecule has 1 aromatic carbocycles. The first-order valence-corrected chi connectivity index (χ1v) is 5.33. The Labute approximate surface area is 95.5 Å². The van der Waals surface area contributed by atoms with E-state index >= 15 is 0 Å². The second-order valence-corrected chi connectivity index (χ2v) is 4.06. The van der Waals surface area contributed by atoms with E-state index in [-0.39, 0.29) is 0 Å². The Bertz CT molecular complexity index is 481. The summed E-state index contributed by atoms with van der Waals surface area (Å²) in [6.07, 6.45) is 0.664. The van der Waals surface area contributed by atoms with Gasteiger partial charge in [0.15, 0.2) is 11.5 Å². The molecule has 1 heterocycles. The van der Waals surface area contributed by atoms with Crippen LogP contribution in [0.4, 0.5) is 5.69 Å². The summed E-state index contributed by atoms with van der Waals surface area (Å²) in [5, 5.41) is 0. The molecule has 0 aliphatic heterocycles. The van der Waals surface area contributed by atoms with Crippen molar-refractivity contribution < 1.29 is 9.15 Å². The van der Waals surface area contributed by atoms with E-state index in [1.165, 1.54) is 0 Å². The van der Waals surface area contributed by atoms with E-state index in [4.69, 9.17) is 14.9 Å². The monoisotopic (exact) mass is 270 g/mol. The molecular weight excluding hydrogens is 260 g/mol. The van der Waals surface area contributed by atoms with Crippen molar-refractivity contribution >= 4 is 32.7 Å². The fraction of sp³-hybridized carbons (Fsp3) is 0.300. The average Bonchev–Trinajstić information content (AvgIpc) is 2.57. The molecule has 2 aromatic rings. The van der Waals surface area contributed by atoms with Crippen molar-refractivity contribution in [1.29, 1.82) is 0 Å². The van der Waals surface area contributed by atoms with Gasteiger partial charge < -0.3 is 14.9 Å². The van der Waals surface area contributed by atoms with Crippen LogP contribution in [0.5, 0.6) is 0 Å². The summed E-state index contributed by atoms with van der Waals surface area (Å²) in [4.78, 5) is 4.32. The SMILES string of the molecule is COCCc1nc2cc(N)cc(Br)c2o1. The third-order valence-electron chi connectivity index (χ3n) is 2.03. The van der Waals surface area contributed by atoms with E-state index in [0.717, 1.165) is 15.6 Å². The number of halogens is 1. The van der Waals surface area contributed by atoms with E-state index < -0.39 is 0 Å². The fourth-order valence-electron chi connectivity index (χ4n) is 1.35. The standard InChI is InChI=1S/C10H11BrN2O2/c1-14-3-2-9-13-8-5-6(12)4-7(11)10(8)15-9/h4-5H,2-3,12H2,1H3. The minimum absolute atomic E-state index is 0.597. The lowest BCUT2D eigenvalue weighted by atomic mass is 10.3. The zero-order chi connectivity index (χ0) is 10.8. The minimum atomic E-state index is 0.597. The summed E-state index contributed by atoms with van der Waals surface area (Å²) in [5.74, 6) is 0.665. The second kappa shape index (κ2) is 4.20. The van der Waals surface area contributed by atoms with Crippen molar-refractivity contribution in [2.45, 2.75) is 6.42 Å². The molecule has 4 nitrogen and oxygen atoms in total. The topological polar surface area (TPSA) is 61.3 Å². The van der Waals surface area contributed by atoms with Crippen molar-refractivity contribution in [2.24, 2.45) is 0 Å². The zero-order valence-corrected chi connectivity index (χ0v) is 9.87. The van der Waals surface area contributed by atoms with Crippen LogP contribution in [-0.2, 0) is 11.2 Å². The Morgan fingerprint density at radius 3 is 3.07 bits per heavy atom. The van der Waals surface area contributed by atoms with E-state index in [2.05, 4.69) is 20.9 Å². The van der Waals surface area contributed by atoms with Crippen molar-refractivity contribution in [3.63, 3.8) is 0 Å². The summed E-state index contributed by atoms with van der Waals surface area (Å²) in [5.41, 5.74) is 7.87. The highest BCUT2D eigenvalue weighted by Gasteiger charge is 2.09. The summed E-state index contributed by atoms with van der Waals surface area (Å²) >= 11 is 3.38. The van der Waals surface area contributed by atoms with Crippen molar-refractivity contribution in [3.05, 3.63) is 22.5 Å². The maximum Gasteiger partial charge on any atom is 0.197 e. The number of hydrogen-bond donors (Lipinski definition) is 1. The quantitative estimate of drug-likeness (QED) is 0.870. The molecule has 0 amide bonds. The number of oxazole rings is 1. The van der Waals surface area contributed by atoms with Gasteiger partial charge in [-0.25, -0.2) is 4.98 Å². The molecule has 15 heavy (non-hydrogen) atoms. The number of nitrogens with zero attached hydrogens (tertiary/aromatic N) is 1. The van der Waals surface area contributed by atoms with Gasteiger partial charge in [0, 0.05) is 19.2 Å². The van der Waals surface area contributed by atoms with Crippen molar-refractivity contribution in [2.75, 3.05) is 19.5 Å². The predicted molar refractivity (Wildman–Crippen MR) is 61.7 cm³/mol. The molecule has 80 valence electrons. The lowest BCUT2D eigenvalue weighted by Crippen LogP contribution is -1.93. The number of aromatic nitrogens is 1. The lowest BCUT2D eigenvalue weighted by molar-refractivity contribution is 0.196. The first kappa shape index (κ1) is 10.4. The smallest absolute Gasteiger partial charge is 0.197 e. The van der Waals surface area contributed by atoms with E-state index in [9.17, 15) is 0 Å². The van der Waals surface area contributed by atoms with Gasteiger partial charge in [-0.1, -0.05) is 0 Å². The van der Waals surface area contributed by atoms with Gasteiger partial charge in [-0.05, 0) is 28.1 Å². The molecule has 0 unspecified atom stereocenters. The number of nitrogens with two attached hydrogens (primary N) is 1. The van der Waals surface area contributed by atoms with E-state index in [1.54, 1.807) is 19.2 Å². The minimum Gasteiger partial charge on any atom is -0.439 e. The summed E-state index contributed by atoms with van der Waals surface area (Å²) in [7, 11) is 1.65. The van der Waals surface area contributed by atoms with Gasteiger partial charge in [0.2, 0.25) is 0 Å². The first-order valence-electron chi connectivity index (χ1n) is 4.54. The van der Waals surface area contributed by atoms with E-state index in [0.29, 0.717) is 24.6 Å². The number of anilines is 1. The number of ether oxygens (including phenoxy) is 1. The largest absolute Gasteiger partial charge is 0.439 e. The Morgan fingerprint density at radius 1 is 1.53 bits per heavy atom. The molecule has 5 heteroatoms. The van der Waals surface area contributed by atoms with Crippen LogP contribution in [0.3, 0.4) is 0 Å². The Balaban J connectivity index is 2.41. The van der Waals surface area contributed by atoms with Gasteiger partial charge in [-0.3, -0.25) is 0 Å². The van der Waals surface area contributed by atoms with Crippen molar-refractivity contribution in [1.82, 2.24) is 4.98 Å². The van der Waals surface area contributed by atoms with Gasteiger partial charge in [-0.15, -0.1) is 0 Å². The molecular formula is C10H11BrN2O2. The maximum absolute atomic E-state index is 5.70. The van der Waals surface area contributed by atoms with E-state index in [1.807, 2.05) is 0 Å². The number of methoxy groups -OCH3 is 1. The van der Waals surface area contributed by atoms with Gasteiger partial charge in [0.25, 0.3) is 0 Å². The van der Waals surface area contributed by atoms with Crippen LogP contribution in [0.25, 0.3) is 11.1 Å². The average molecular weight is 271 g/mol. The molecule has 0 saturated carbocycles. The highest BCUT2D eigenvalue weighted by molar-refractivity contribution is 9.10. The highest BCUT2D eigenvalue weighted by Crippen LogP contribution is 2.27. The Hall–Kier alpha value is -1.07. The first-order chi connectivity index (χ1) is 7.20. The van der Waals surface area contributed by atoms with Gasteiger partial charge in [0.1, 0.15) is 5.52 Å². The molecule has 0 radical (unpaired) electrons. The Morgan fingerprint density at radius 2 is 2.33 bits per heavy atom. The molecule has 0 saturated heterocycles. The van der Waals surface area contributed by atoms with Crippen LogP contribution >= 0.6 is 15.9 Å². The lowest BCUT2D eigenvalue weighted by Gasteiger charge is -1.94. The maximum atomic E-state index is 5.70. The number of hydrogen-bond acceptors (Lipinski definition) is 4. The van der Waals surface area contributed by atoms with Crippen LogP contribution in [-0.4, -0.2) is 18.7 Å². The molecule has 0 aliphatic rings. The Kier molecular flexibility index (Phi) is 2.93. The molecule has 2 N–H and O–H groups in total. The third kappa shape index (κ3) is 2.13. The van der Waals surface area contributed by atoms with Crippen LogP contribution in [0.1, 0.15) is 5.89 Å². The summed E-state index contributed by atoms with van der Waals surface area (Å²) < 4.78 is 11.3. The second-order valence-electron chi connectivity index (χ2n) is 3.20. The van der Waals surface area contributed by atoms with Crippen molar-refractivity contribution in [3.8, 4) is 0 Å². The zero-order valence-electron chi connectivity index (χ0n) is 8.29. The number of nitrogen functional groups attached to an aromatic ring is 1. The molecule has 0 atom stereocenters. The molecule has 0 aliphatic carbocycles. The van der Waals surface area contributed by atoms with Crippen LogP contribution in [0, 0.1) is 0 Å². The van der Waals surface area contributed by atoms with Gasteiger partial charge >= 0.3 is 0 Å². The fourth-order valence-corrected chi connectivity index (χ4v) is 1.90. The summed E-state index contributed by atoms with van der Waals surface area (Å²) in [6, 6.07) is 3.59. The number of rotatable bonds is 3. The van der Waals surface area contributed by atoms with Crippen LogP contribution in [0.2, 0.25) is 0 Å². The number of benzene rings is 1. The molecule has 0 fully saturated rings. The predicted octanol–water partition coefficient (Wildman–Crippen LogP) is 2.36. The molecule has 1 aromatic heterocycles. The summed E-state index contributed by atoms with van der Waals surface area (Å²) in [6.45, 7) is 0.597. The third-order valence-corrected chi connectivity index (χ3v) is 2.62. The number of fused-ring (bicyclic) bond motifs is 1. The molecule has 0 spiro atoms. The van der Waals surface area contributed by atoms with Crippen LogP contribution < -0.4 is 5.73 Å². The van der Waals surface area contributed by atoms with Crippen LogP contribution in [0.15, 0.2) is 21.0 Å². The highest BCUT2D eigenvalue weighted by atomic mass is 79.9. The van der Waals surface area contributed by atoms with Gasteiger partial charge in [0.05, 0.1) is 11.1 Å². The molecule has 2 rings (SSSR count).